The molecule has 0 aromatic carbocycles. The van der Waals surface area contributed by atoms with E-state index in [1.54, 1.807) is 42.4 Å². The Hall–Kier alpha value is -1.80. The predicted octanol–water partition coefficient (Wildman–Crippen LogP) is 2.60. The van der Waals surface area contributed by atoms with Crippen LogP contribution >= 0.6 is 23.1 Å². The number of nitrogens with zero attached hydrogens (tertiary/aromatic N) is 3. The van der Waals surface area contributed by atoms with E-state index in [2.05, 4.69) is 22.2 Å². The first-order valence-electron chi connectivity index (χ1n) is 8.86. The summed E-state index contributed by atoms with van der Waals surface area (Å²) >= 11 is 3.32. The fourth-order valence-electron chi connectivity index (χ4n) is 3.01. The molecule has 0 radical (unpaired) electrons. The fraction of sp³-hybridized carbons (Fsp3) is 0.500. The number of carbonyl (C=O) groups is 1. The van der Waals surface area contributed by atoms with Gasteiger partial charge in [0.15, 0.2) is 0 Å². The Labute approximate surface area is 161 Å². The molecule has 1 aliphatic rings. The van der Waals surface area contributed by atoms with Crippen molar-refractivity contribution in [1.82, 2.24) is 15.1 Å². The number of nitrogens with one attached hydrogen (secondary N) is 1. The molecule has 140 valence electrons. The van der Waals surface area contributed by atoms with Gasteiger partial charge in [0, 0.05) is 32.7 Å². The zero-order valence-corrected chi connectivity index (χ0v) is 16.7. The number of thioether (sulfide) groups is 1. The zero-order chi connectivity index (χ0) is 18.5. The van der Waals surface area contributed by atoms with Gasteiger partial charge in [-0.1, -0.05) is 6.92 Å². The number of aromatic nitrogens is 2. The summed E-state index contributed by atoms with van der Waals surface area (Å²) in [6.45, 7) is 4.58. The van der Waals surface area contributed by atoms with Crippen LogP contribution in [0.25, 0.3) is 0 Å². The molecule has 6 nitrogen and oxygen atoms in total. The molecule has 1 aliphatic heterocycles. The minimum absolute atomic E-state index is 0.0242. The lowest BCUT2D eigenvalue weighted by Crippen LogP contribution is -2.39. The Morgan fingerprint density at radius 3 is 2.85 bits per heavy atom. The van der Waals surface area contributed by atoms with E-state index < -0.39 is 0 Å². The van der Waals surface area contributed by atoms with E-state index in [1.807, 2.05) is 12.1 Å². The van der Waals surface area contributed by atoms with Gasteiger partial charge in [-0.25, -0.2) is 4.68 Å². The van der Waals surface area contributed by atoms with Crippen LogP contribution in [0.2, 0.25) is 0 Å². The quantitative estimate of drug-likeness (QED) is 0.766. The van der Waals surface area contributed by atoms with Gasteiger partial charge in [0.2, 0.25) is 0 Å². The maximum atomic E-state index is 12.3. The van der Waals surface area contributed by atoms with Crippen LogP contribution in [0.1, 0.15) is 29.4 Å². The Morgan fingerprint density at radius 2 is 2.15 bits per heavy atom. The van der Waals surface area contributed by atoms with Crippen LogP contribution in [0, 0.1) is 5.92 Å². The molecular formula is C18H24N4O2S2. The number of aryl methyl sites for hydroxylation is 1. The van der Waals surface area contributed by atoms with Gasteiger partial charge in [0.05, 0.1) is 21.0 Å². The molecule has 0 spiro atoms. The highest BCUT2D eigenvalue weighted by atomic mass is 32.2. The maximum absolute atomic E-state index is 12.3. The zero-order valence-electron chi connectivity index (χ0n) is 15.1. The standard InChI is InChI=1S/C18H24N4O2S2/c1-3-25-17-5-4-15(26-17)18(24)19-11-13-6-8-22(9-7-13)14-10-16(23)21(2)20-12-14/h4-5,10,12-13H,3,6-9,11H2,1-2H3,(H,19,24). The molecule has 0 aliphatic carbocycles. The van der Waals surface area contributed by atoms with E-state index in [0.29, 0.717) is 12.5 Å². The molecule has 0 atom stereocenters. The van der Waals surface area contributed by atoms with Gasteiger partial charge in [-0.2, -0.15) is 5.10 Å². The largest absolute Gasteiger partial charge is 0.370 e. The first-order chi connectivity index (χ1) is 12.6. The lowest BCUT2D eigenvalue weighted by molar-refractivity contribution is 0.0949. The number of hydrogen-bond acceptors (Lipinski definition) is 6. The normalized spacial score (nSPS) is 15.2. The molecule has 2 aromatic heterocycles. The van der Waals surface area contributed by atoms with Gasteiger partial charge in [0.1, 0.15) is 0 Å². The summed E-state index contributed by atoms with van der Waals surface area (Å²) in [5.41, 5.74) is 0.795. The number of piperidine rings is 1. The van der Waals surface area contributed by atoms with Gasteiger partial charge in [-0.15, -0.1) is 23.1 Å². The Bertz CT molecular complexity index is 810. The Kier molecular flexibility index (Phi) is 6.37. The van der Waals surface area contributed by atoms with E-state index in [-0.39, 0.29) is 11.5 Å². The third kappa shape index (κ3) is 4.67. The second-order valence-electron chi connectivity index (χ2n) is 6.37. The van der Waals surface area contributed by atoms with Crippen molar-refractivity contribution in [1.29, 1.82) is 0 Å². The van der Waals surface area contributed by atoms with Crippen LogP contribution < -0.4 is 15.8 Å². The lowest BCUT2D eigenvalue weighted by Gasteiger charge is -2.33. The topological polar surface area (TPSA) is 67.2 Å². The van der Waals surface area contributed by atoms with Crippen molar-refractivity contribution < 1.29 is 4.79 Å². The van der Waals surface area contributed by atoms with E-state index >= 15 is 0 Å². The highest BCUT2D eigenvalue weighted by Crippen LogP contribution is 2.27. The fourth-order valence-corrected chi connectivity index (χ4v) is 4.98. The number of amides is 1. The molecule has 3 rings (SSSR count). The van der Waals surface area contributed by atoms with E-state index in [1.165, 1.54) is 8.89 Å². The third-order valence-corrected chi connectivity index (χ3v) is 6.77. The summed E-state index contributed by atoms with van der Waals surface area (Å²) in [7, 11) is 1.65. The maximum Gasteiger partial charge on any atom is 0.268 e. The number of anilines is 1. The number of thiophene rings is 1. The summed E-state index contributed by atoms with van der Waals surface area (Å²) in [6.07, 6.45) is 3.74. The van der Waals surface area contributed by atoms with Gasteiger partial charge in [0.25, 0.3) is 11.5 Å². The van der Waals surface area contributed by atoms with Crippen LogP contribution in [-0.4, -0.2) is 41.1 Å². The van der Waals surface area contributed by atoms with Crippen LogP contribution in [0.5, 0.6) is 0 Å². The van der Waals surface area contributed by atoms with Crippen molar-refractivity contribution in [2.24, 2.45) is 13.0 Å². The molecule has 0 unspecified atom stereocenters. The predicted molar refractivity (Wildman–Crippen MR) is 107 cm³/mol. The average Bonchev–Trinajstić information content (AvgIpc) is 3.11. The van der Waals surface area contributed by atoms with Crippen molar-refractivity contribution in [3.8, 4) is 0 Å². The lowest BCUT2D eigenvalue weighted by atomic mass is 9.96. The average molecular weight is 393 g/mol. The molecule has 1 amide bonds. The second-order valence-corrected chi connectivity index (χ2v) is 9.02. The van der Waals surface area contributed by atoms with Gasteiger partial charge >= 0.3 is 0 Å². The molecule has 1 N–H and O–H groups in total. The van der Waals surface area contributed by atoms with Crippen molar-refractivity contribution in [2.75, 3.05) is 30.3 Å². The summed E-state index contributed by atoms with van der Waals surface area (Å²) in [4.78, 5) is 27.0. The van der Waals surface area contributed by atoms with Crippen LogP contribution in [0.4, 0.5) is 5.69 Å². The third-order valence-electron chi connectivity index (χ3n) is 4.58. The van der Waals surface area contributed by atoms with Crippen molar-refractivity contribution in [3.63, 3.8) is 0 Å². The van der Waals surface area contributed by atoms with Crippen molar-refractivity contribution in [3.05, 3.63) is 39.6 Å². The molecule has 1 saturated heterocycles. The molecule has 2 aromatic rings. The second kappa shape index (κ2) is 8.73. The van der Waals surface area contributed by atoms with E-state index in [0.717, 1.165) is 42.2 Å². The van der Waals surface area contributed by atoms with Crippen LogP contribution in [0.3, 0.4) is 0 Å². The minimum Gasteiger partial charge on any atom is -0.370 e. The molecule has 26 heavy (non-hydrogen) atoms. The van der Waals surface area contributed by atoms with Crippen LogP contribution in [-0.2, 0) is 7.05 Å². The van der Waals surface area contributed by atoms with Gasteiger partial charge < -0.3 is 10.2 Å². The highest BCUT2D eigenvalue weighted by Gasteiger charge is 2.21. The first-order valence-corrected chi connectivity index (χ1v) is 10.7. The highest BCUT2D eigenvalue weighted by molar-refractivity contribution is 8.01. The van der Waals surface area contributed by atoms with E-state index in [4.69, 9.17) is 0 Å². The van der Waals surface area contributed by atoms with E-state index in [9.17, 15) is 9.59 Å². The molecular weight excluding hydrogens is 368 g/mol. The monoisotopic (exact) mass is 392 g/mol. The molecule has 8 heteroatoms. The summed E-state index contributed by atoms with van der Waals surface area (Å²) in [5, 5.41) is 7.16. The molecule has 3 heterocycles. The summed E-state index contributed by atoms with van der Waals surface area (Å²) in [6, 6.07) is 5.56. The first kappa shape index (κ1) is 19.0. The molecule has 0 bridgehead atoms. The Balaban J connectivity index is 1.47. The van der Waals surface area contributed by atoms with Crippen molar-refractivity contribution in [2.45, 2.75) is 24.0 Å². The number of carbonyl (C=O) groups excluding carboxylic acids is 1. The smallest absolute Gasteiger partial charge is 0.268 e. The van der Waals surface area contributed by atoms with Gasteiger partial charge in [-0.3, -0.25) is 9.59 Å². The van der Waals surface area contributed by atoms with Gasteiger partial charge in [-0.05, 0) is 36.6 Å². The SMILES string of the molecule is CCSc1ccc(C(=O)NCC2CCN(c3cnn(C)c(=O)c3)CC2)s1. The minimum atomic E-state index is -0.0894. The summed E-state index contributed by atoms with van der Waals surface area (Å²) < 4.78 is 2.52. The molecule has 0 saturated carbocycles. The molecule has 1 fully saturated rings. The Morgan fingerprint density at radius 1 is 1.38 bits per heavy atom. The van der Waals surface area contributed by atoms with Crippen molar-refractivity contribution >= 4 is 34.7 Å². The number of hydrogen-bond donors (Lipinski definition) is 1. The summed E-state index contributed by atoms with van der Waals surface area (Å²) in [5.74, 6) is 1.51. The number of rotatable bonds is 6. The van der Waals surface area contributed by atoms with Crippen LogP contribution in [0.15, 0.2) is 33.4 Å².